The molecule has 0 aromatic carbocycles. The summed E-state index contributed by atoms with van der Waals surface area (Å²) in [7, 11) is 0. The lowest BCUT2D eigenvalue weighted by atomic mass is 10.0. The minimum absolute atomic E-state index is 0.0965. The molecular formula is C57H98O6. The molecule has 0 fully saturated rings. The molecule has 0 N–H and O–H groups in total. The second kappa shape index (κ2) is 51.5. The van der Waals surface area contributed by atoms with Crippen molar-refractivity contribution in [1.82, 2.24) is 0 Å². The van der Waals surface area contributed by atoms with Gasteiger partial charge < -0.3 is 14.2 Å². The number of hydrogen-bond donors (Lipinski definition) is 0. The Balaban J connectivity index is 4.48. The quantitative estimate of drug-likeness (QED) is 0.0262. The molecule has 0 aromatic rings. The van der Waals surface area contributed by atoms with Gasteiger partial charge in [-0.3, -0.25) is 14.4 Å². The molecule has 0 bridgehead atoms. The molecule has 1 atom stereocenters. The summed E-state index contributed by atoms with van der Waals surface area (Å²) in [5, 5.41) is 0. The number of carbonyl (C=O) groups is 3. The summed E-state index contributed by atoms with van der Waals surface area (Å²) >= 11 is 0. The topological polar surface area (TPSA) is 78.9 Å². The predicted molar refractivity (Wildman–Crippen MR) is 270 cm³/mol. The number of unbranched alkanes of at least 4 members (excludes halogenated alkanes) is 24. The van der Waals surface area contributed by atoms with Crippen molar-refractivity contribution in [3.8, 4) is 0 Å². The van der Waals surface area contributed by atoms with Gasteiger partial charge >= 0.3 is 17.9 Å². The SMILES string of the molecule is CCCCC/C=C\C/C=C\C/C=C\CCCCCCC(=O)OC[C@H](COC(=O)CCCCCCCCCCCCCCC)OC(=O)CCCC/C=C\C/C=C\C/C=C\CCCCC. The van der Waals surface area contributed by atoms with Gasteiger partial charge in [0.05, 0.1) is 0 Å². The molecule has 6 heteroatoms. The van der Waals surface area contributed by atoms with Crippen LogP contribution in [0.4, 0.5) is 0 Å². The zero-order chi connectivity index (χ0) is 45.8. The molecule has 0 aliphatic rings. The molecule has 0 unspecified atom stereocenters. The molecule has 0 aliphatic heterocycles. The third-order valence-corrected chi connectivity index (χ3v) is 11.2. The summed E-state index contributed by atoms with van der Waals surface area (Å²) in [6.45, 7) is 6.53. The van der Waals surface area contributed by atoms with Crippen LogP contribution in [-0.4, -0.2) is 37.2 Å². The summed E-state index contributed by atoms with van der Waals surface area (Å²) in [6.07, 6.45) is 64.5. The molecule has 0 aromatic heterocycles. The van der Waals surface area contributed by atoms with E-state index in [0.29, 0.717) is 19.3 Å². The Morgan fingerprint density at radius 1 is 0.317 bits per heavy atom. The normalized spacial score (nSPS) is 12.6. The highest BCUT2D eigenvalue weighted by Crippen LogP contribution is 2.14. The molecule has 0 heterocycles. The first-order chi connectivity index (χ1) is 31.0. The number of hydrogen-bond acceptors (Lipinski definition) is 6. The average Bonchev–Trinajstić information content (AvgIpc) is 3.28. The molecule has 0 spiro atoms. The highest BCUT2D eigenvalue weighted by molar-refractivity contribution is 5.71. The van der Waals surface area contributed by atoms with Crippen LogP contribution in [0, 0.1) is 0 Å². The second-order valence-electron chi connectivity index (χ2n) is 17.4. The highest BCUT2D eigenvalue weighted by atomic mass is 16.6. The molecule has 0 saturated carbocycles. The molecule has 0 saturated heterocycles. The van der Waals surface area contributed by atoms with Gasteiger partial charge in [-0.05, 0) is 96.3 Å². The van der Waals surface area contributed by atoms with Crippen LogP contribution < -0.4 is 0 Å². The number of ether oxygens (including phenoxy) is 3. The van der Waals surface area contributed by atoms with Gasteiger partial charge in [0.2, 0.25) is 0 Å². The van der Waals surface area contributed by atoms with Crippen LogP contribution in [0.3, 0.4) is 0 Å². The van der Waals surface area contributed by atoms with E-state index in [1.807, 2.05) is 0 Å². The zero-order valence-electron chi connectivity index (χ0n) is 41.3. The van der Waals surface area contributed by atoms with Crippen LogP contribution in [0.5, 0.6) is 0 Å². The van der Waals surface area contributed by atoms with Gasteiger partial charge in [0, 0.05) is 19.3 Å². The van der Waals surface area contributed by atoms with Crippen LogP contribution in [-0.2, 0) is 28.6 Å². The largest absolute Gasteiger partial charge is 0.462 e. The molecule has 0 rings (SSSR count). The third-order valence-electron chi connectivity index (χ3n) is 11.2. The molecule has 6 nitrogen and oxygen atoms in total. The minimum atomic E-state index is -0.802. The van der Waals surface area contributed by atoms with Crippen molar-refractivity contribution in [3.63, 3.8) is 0 Å². The molecule has 0 aliphatic carbocycles. The first-order valence-corrected chi connectivity index (χ1v) is 26.4. The van der Waals surface area contributed by atoms with Crippen LogP contribution >= 0.6 is 0 Å². The van der Waals surface area contributed by atoms with Crippen molar-refractivity contribution < 1.29 is 28.6 Å². The van der Waals surface area contributed by atoms with Gasteiger partial charge in [0.25, 0.3) is 0 Å². The Kier molecular flexibility index (Phi) is 48.9. The number of allylic oxidation sites excluding steroid dienone is 12. The van der Waals surface area contributed by atoms with Gasteiger partial charge in [-0.25, -0.2) is 0 Å². The smallest absolute Gasteiger partial charge is 0.306 e. The van der Waals surface area contributed by atoms with Crippen LogP contribution in [0.2, 0.25) is 0 Å². The second-order valence-corrected chi connectivity index (χ2v) is 17.4. The summed E-state index contributed by atoms with van der Waals surface area (Å²) in [4.78, 5) is 38.0. The summed E-state index contributed by atoms with van der Waals surface area (Å²) in [6, 6.07) is 0. The lowest BCUT2D eigenvalue weighted by molar-refractivity contribution is -0.167. The van der Waals surface area contributed by atoms with E-state index in [2.05, 4.69) is 93.7 Å². The van der Waals surface area contributed by atoms with Gasteiger partial charge in [-0.15, -0.1) is 0 Å². The third kappa shape index (κ3) is 49.7. The van der Waals surface area contributed by atoms with Crippen molar-refractivity contribution in [2.24, 2.45) is 0 Å². The Bertz CT molecular complexity index is 1190. The fourth-order valence-electron chi connectivity index (χ4n) is 7.16. The van der Waals surface area contributed by atoms with E-state index in [0.717, 1.165) is 89.9 Å². The highest BCUT2D eigenvalue weighted by Gasteiger charge is 2.19. The van der Waals surface area contributed by atoms with Crippen molar-refractivity contribution in [2.45, 2.75) is 258 Å². The zero-order valence-corrected chi connectivity index (χ0v) is 41.3. The van der Waals surface area contributed by atoms with Gasteiger partial charge in [-0.1, -0.05) is 209 Å². The van der Waals surface area contributed by atoms with E-state index in [1.165, 1.54) is 116 Å². The first kappa shape index (κ1) is 59.9. The number of carbonyl (C=O) groups excluding carboxylic acids is 3. The van der Waals surface area contributed by atoms with Gasteiger partial charge in [0.15, 0.2) is 6.10 Å². The molecule has 0 amide bonds. The van der Waals surface area contributed by atoms with E-state index in [1.54, 1.807) is 0 Å². The van der Waals surface area contributed by atoms with Crippen LogP contribution in [0.15, 0.2) is 72.9 Å². The monoisotopic (exact) mass is 879 g/mol. The lowest BCUT2D eigenvalue weighted by Crippen LogP contribution is -2.30. The first-order valence-electron chi connectivity index (χ1n) is 26.4. The summed E-state index contributed by atoms with van der Waals surface area (Å²) < 4.78 is 16.8. The predicted octanol–water partition coefficient (Wildman–Crippen LogP) is 17.4. The lowest BCUT2D eigenvalue weighted by Gasteiger charge is -2.18. The van der Waals surface area contributed by atoms with Crippen molar-refractivity contribution in [2.75, 3.05) is 13.2 Å². The molecule has 63 heavy (non-hydrogen) atoms. The van der Waals surface area contributed by atoms with Gasteiger partial charge in [-0.2, -0.15) is 0 Å². The van der Waals surface area contributed by atoms with Crippen molar-refractivity contribution in [3.05, 3.63) is 72.9 Å². The molecule has 0 radical (unpaired) electrons. The van der Waals surface area contributed by atoms with E-state index in [4.69, 9.17) is 14.2 Å². The Morgan fingerprint density at radius 2 is 0.571 bits per heavy atom. The van der Waals surface area contributed by atoms with Crippen LogP contribution in [0.25, 0.3) is 0 Å². The van der Waals surface area contributed by atoms with E-state index < -0.39 is 6.10 Å². The van der Waals surface area contributed by atoms with E-state index >= 15 is 0 Å². The average molecular weight is 879 g/mol. The van der Waals surface area contributed by atoms with E-state index in [-0.39, 0.29) is 37.5 Å². The fraction of sp³-hybridized carbons (Fsp3) is 0.737. The Hall–Kier alpha value is -3.15. The standard InChI is InChI=1S/C57H98O6/c1-4-7-10-13-16-19-22-25-27-28-30-32-35-38-41-44-47-50-56(59)62-53-54(52-61-55(58)49-46-43-40-37-34-31-24-21-18-15-12-9-6-3)63-57(60)51-48-45-42-39-36-33-29-26-23-20-17-14-11-8-5-2/h16-17,19-20,25-27,29-30,32,36,39,54H,4-15,18,21-24,28,31,33-35,37-38,40-53H2,1-3H3/b19-16-,20-17-,27-25-,29-26-,32-30-,39-36-/t54-/m0/s1. The fourth-order valence-corrected chi connectivity index (χ4v) is 7.16. The Morgan fingerprint density at radius 3 is 0.952 bits per heavy atom. The Labute approximate surface area is 389 Å². The molecule has 362 valence electrons. The maximum Gasteiger partial charge on any atom is 0.306 e. The summed E-state index contributed by atoms with van der Waals surface area (Å²) in [5.74, 6) is -0.954. The van der Waals surface area contributed by atoms with Gasteiger partial charge in [0.1, 0.15) is 13.2 Å². The number of rotatable bonds is 47. The maximum atomic E-state index is 12.8. The van der Waals surface area contributed by atoms with E-state index in [9.17, 15) is 14.4 Å². The number of esters is 3. The summed E-state index contributed by atoms with van der Waals surface area (Å²) in [5.41, 5.74) is 0. The maximum absolute atomic E-state index is 12.8. The van der Waals surface area contributed by atoms with Crippen LogP contribution in [0.1, 0.15) is 252 Å². The van der Waals surface area contributed by atoms with Crippen molar-refractivity contribution in [1.29, 1.82) is 0 Å². The molecular weight excluding hydrogens is 781 g/mol. The van der Waals surface area contributed by atoms with Crippen molar-refractivity contribution >= 4 is 17.9 Å². The minimum Gasteiger partial charge on any atom is -0.462 e.